The fraction of sp³-hybridized carbons (Fsp3) is 0.588. The maximum atomic E-state index is 12.4. The minimum absolute atomic E-state index is 0.00791. The molecule has 1 aromatic carbocycles. The molecule has 1 aliphatic heterocycles. The molecule has 0 radical (unpaired) electrons. The van der Waals surface area contributed by atoms with Crippen molar-refractivity contribution in [2.45, 2.75) is 32.8 Å². The lowest BCUT2D eigenvalue weighted by atomic mass is 10.2. The van der Waals surface area contributed by atoms with Crippen LogP contribution in [0.3, 0.4) is 0 Å². The molecule has 0 aromatic heterocycles. The highest BCUT2D eigenvalue weighted by molar-refractivity contribution is 6.30. The molecule has 1 atom stereocenters. The first-order valence-electron chi connectivity index (χ1n) is 7.87. The number of amides is 1. The van der Waals surface area contributed by atoms with Crippen LogP contribution in [0.15, 0.2) is 18.2 Å². The Morgan fingerprint density at radius 1 is 1.41 bits per heavy atom. The summed E-state index contributed by atoms with van der Waals surface area (Å²) < 4.78 is 5.79. The molecule has 1 heterocycles. The summed E-state index contributed by atoms with van der Waals surface area (Å²) >= 11 is 5.93. The fourth-order valence-electron chi connectivity index (χ4n) is 2.70. The molecule has 0 aliphatic carbocycles. The molecule has 2 rings (SSSR count). The smallest absolute Gasteiger partial charge is 0.263 e. The highest BCUT2D eigenvalue weighted by atomic mass is 35.5. The Bertz CT molecular complexity index is 515. The summed E-state index contributed by atoms with van der Waals surface area (Å²) in [6.07, 6.45) is 2.04. The lowest BCUT2D eigenvalue weighted by molar-refractivity contribution is -0.136. The number of carbonyl (C=O) groups is 1. The van der Waals surface area contributed by atoms with Crippen LogP contribution in [0.1, 0.15) is 25.3 Å². The van der Waals surface area contributed by atoms with Crippen molar-refractivity contribution < 1.29 is 9.53 Å². The third-order valence-corrected chi connectivity index (χ3v) is 4.35. The molecule has 0 saturated carbocycles. The van der Waals surface area contributed by atoms with Crippen LogP contribution in [0.5, 0.6) is 5.75 Å². The van der Waals surface area contributed by atoms with Crippen LogP contribution in [0.25, 0.3) is 0 Å². The molecule has 0 spiro atoms. The number of nitrogens with zero attached hydrogens (tertiary/aromatic N) is 2. The second kappa shape index (κ2) is 7.84. The Balaban J connectivity index is 1.84. The van der Waals surface area contributed by atoms with Crippen molar-refractivity contribution in [1.29, 1.82) is 0 Å². The number of aryl methyl sites for hydroxylation is 1. The summed E-state index contributed by atoms with van der Waals surface area (Å²) in [7, 11) is 1.84. The van der Waals surface area contributed by atoms with E-state index < -0.39 is 6.10 Å². The van der Waals surface area contributed by atoms with Gasteiger partial charge in [-0.2, -0.15) is 0 Å². The third-order valence-electron chi connectivity index (χ3n) is 4.12. The summed E-state index contributed by atoms with van der Waals surface area (Å²) in [5.74, 6) is 0.715. The zero-order valence-electron chi connectivity index (χ0n) is 13.6. The molecule has 5 heteroatoms. The zero-order valence-corrected chi connectivity index (χ0v) is 14.4. The fourth-order valence-corrected chi connectivity index (χ4v) is 2.93. The van der Waals surface area contributed by atoms with E-state index in [1.165, 1.54) is 12.8 Å². The van der Waals surface area contributed by atoms with Crippen molar-refractivity contribution in [3.63, 3.8) is 0 Å². The number of likely N-dealkylation sites (N-methyl/N-ethyl adjacent to an activating group) is 1. The van der Waals surface area contributed by atoms with Crippen LogP contribution in [0.4, 0.5) is 0 Å². The van der Waals surface area contributed by atoms with Gasteiger partial charge in [0.25, 0.3) is 5.91 Å². The predicted octanol–water partition coefficient (Wildman–Crippen LogP) is 2.97. The summed E-state index contributed by atoms with van der Waals surface area (Å²) in [5.41, 5.74) is 0.937. The van der Waals surface area contributed by atoms with Gasteiger partial charge < -0.3 is 14.5 Å². The molecule has 0 N–H and O–H groups in total. The van der Waals surface area contributed by atoms with E-state index in [0.29, 0.717) is 10.8 Å². The minimum atomic E-state index is -0.497. The molecule has 1 aromatic rings. The highest BCUT2D eigenvalue weighted by Gasteiger charge is 2.21. The van der Waals surface area contributed by atoms with Gasteiger partial charge in [-0.05, 0) is 63.5 Å². The van der Waals surface area contributed by atoms with Crippen LogP contribution in [0.2, 0.25) is 5.02 Å². The molecule has 1 amide bonds. The lowest BCUT2D eigenvalue weighted by Crippen LogP contribution is -2.41. The molecular formula is C17H25ClN2O2. The number of likely N-dealkylation sites (tertiary alicyclic amines) is 1. The van der Waals surface area contributed by atoms with Crippen molar-refractivity contribution in [1.82, 2.24) is 9.80 Å². The Morgan fingerprint density at radius 3 is 2.73 bits per heavy atom. The summed E-state index contributed by atoms with van der Waals surface area (Å²) in [5, 5.41) is 0.673. The van der Waals surface area contributed by atoms with E-state index in [1.807, 2.05) is 26.1 Å². The monoisotopic (exact) mass is 324 g/mol. The Hall–Kier alpha value is -1.26. The standard InChI is InChI=1S/C17H25ClN2O2/c1-13-12-15(18)6-7-16(13)22-14(2)17(21)19(3)10-11-20-8-4-5-9-20/h6-7,12,14H,4-5,8-11H2,1-3H3. The van der Waals surface area contributed by atoms with E-state index in [9.17, 15) is 4.79 Å². The topological polar surface area (TPSA) is 32.8 Å². The predicted molar refractivity (Wildman–Crippen MR) is 89.6 cm³/mol. The summed E-state index contributed by atoms with van der Waals surface area (Å²) in [4.78, 5) is 16.5. The molecule has 1 fully saturated rings. The maximum Gasteiger partial charge on any atom is 0.263 e. The zero-order chi connectivity index (χ0) is 16.1. The van der Waals surface area contributed by atoms with E-state index in [2.05, 4.69) is 4.90 Å². The van der Waals surface area contributed by atoms with Crippen LogP contribution < -0.4 is 4.74 Å². The second-order valence-corrected chi connectivity index (χ2v) is 6.41. The Morgan fingerprint density at radius 2 is 2.09 bits per heavy atom. The second-order valence-electron chi connectivity index (χ2n) is 5.98. The third kappa shape index (κ3) is 4.62. The molecule has 1 unspecified atom stereocenters. The number of benzene rings is 1. The van der Waals surface area contributed by atoms with Gasteiger partial charge in [0.05, 0.1) is 0 Å². The van der Waals surface area contributed by atoms with Gasteiger partial charge in [-0.3, -0.25) is 4.79 Å². The molecule has 22 heavy (non-hydrogen) atoms. The van der Waals surface area contributed by atoms with Gasteiger partial charge in [-0.15, -0.1) is 0 Å². The number of halogens is 1. The van der Waals surface area contributed by atoms with Crippen molar-refractivity contribution in [2.75, 3.05) is 33.2 Å². The summed E-state index contributed by atoms with van der Waals surface area (Å²) in [6.45, 7) is 7.70. The van der Waals surface area contributed by atoms with Gasteiger partial charge in [0, 0.05) is 25.2 Å². The van der Waals surface area contributed by atoms with Crippen molar-refractivity contribution in [3.8, 4) is 5.75 Å². The molecule has 0 bridgehead atoms. The largest absolute Gasteiger partial charge is 0.481 e. The Labute approximate surface area is 138 Å². The van der Waals surface area contributed by atoms with E-state index in [4.69, 9.17) is 16.3 Å². The van der Waals surface area contributed by atoms with E-state index in [0.717, 1.165) is 31.7 Å². The van der Waals surface area contributed by atoms with E-state index in [1.54, 1.807) is 17.9 Å². The number of carbonyl (C=O) groups excluding carboxylic acids is 1. The first-order chi connectivity index (χ1) is 10.5. The average molecular weight is 325 g/mol. The SMILES string of the molecule is Cc1cc(Cl)ccc1OC(C)C(=O)N(C)CCN1CCCC1. The van der Waals surface area contributed by atoms with Crippen molar-refractivity contribution in [3.05, 3.63) is 28.8 Å². The van der Waals surface area contributed by atoms with Crippen LogP contribution >= 0.6 is 11.6 Å². The number of hydrogen-bond donors (Lipinski definition) is 0. The van der Waals surface area contributed by atoms with Crippen LogP contribution in [-0.2, 0) is 4.79 Å². The molecule has 4 nitrogen and oxygen atoms in total. The normalized spacial score (nSPS) is 16.5. The number of ether oxygens (including phenoxy) is 1. The lowest BCUT2D eigenvalue weighted by Gasteiger charge is -2.25. The van der Waals surface area contributed by atoms with Crippen molar-refractivity contribution in [2.24, 2.45) is 0 Å². The minimum Gasteiger partial charge on any atom is -0.481 e. The van der Waals surface area contributed by atoms with Crippen LogP contribution in [-0.4, -0.2) is 55.0 Å². The first kappa shape index (κ1) is 17.1. The van der Waals surface area contributed by atoms with Gasteiger partial charge in [0.2, 0.25) is 0 Å². The molecular weight excluding hydrogens is 300 g/mol. The molecule has 1 aliphatic rings. The summed E-state index contributed by atoms with van der Waals surface area (Å²) in [6, 6.07) is 5.43. The quantitative estimate of drug-likeness (QED) is 0.806. The maximum absolute atomic E-state index is 12.4. The molecule has 122 valence electrons. The van der Waals surface area contributed by atoms with Gasteiger partial charge in [0.1, 0.15) is 5.75 Å². The highest BCUT2D eigenvalue weighted by Crippen LogP contribution is 2.23. The number of hydrogen-bond acceptors (Lipinski definition) is 3. The van der Waals surface area contributed by atoms with E-state index in [-0.39, 0.29) is 5.91 Å². The molecule has 1 saturated heterocycles. The first-order valence-corrected chi connectivity index (χ1v) is 8.25. The van der Waals surface area contributed by atoms with Crippen molar-refractivity contribution >= 4 is 17.5 Å². The number of rotatable bonds is 6. The van der Waals surface area contributed by atoms with Gasteiger partial charge in [0.15, 0.2) is 6.10 Å². The van der Waals surface area contributed by atoms with E-state index >= 15 is 0 Å². The Kier molecular flexibility index (Phi) is 6.09. The average Bonchev–Trinajstić information content (AvgIpc) is 3.00. The van der Waals surface area contributed by atoms with Crippen LogP contribution in [0, 0.1) is 6.92 Å². The van der Waals surface area contributed by atoms with Gasteiger partial charge >= 0.3 is 0 Å². The van der Waals surface area contributed by atoms with Gasteiger partial charge in [-0.1, -0.05) is 11.6 Å². The van der Waals surface area contributed by atoms with Gasteiger partial charge in [-0.25, -0.2) is 0 Å².